The van der Waals surface area contributed by atoms with E-state index in [0.29, 0.717) is 57.5 Å². The Hall–Kier alpha value is -4.08. The van der Waals surface area contributed by atoms with E-state index >= 15 is 0 Å². The smallest absolute Gasteiger partial charge is 0.266 e. The number of benzene rings is 3. The maximum atomic E-state index is 12.6. The van der Waals surface area contributed by atoms with E-state index in [1.165, 1.54) is 23.8 Å². The summed E-state index contributed by atoms with van der Waals surface area (Å²) in [7, 11) is 3.11. The van der Waals surface area contributed by atoms with Crippen molar-refractivity contribution in [3.8, 4) is 23.0 Å². The first-order valence-electron chi connectivity index (χ1n) is 12.0. The molecule has 200 valence electrons. The molecule has 0 saturated carbocycles. The van der Waals surface area contributed by atoms with Crippen LogP contribution in [0, 0.1) is 0 Å². The van der Waals surface area contributed by atoms with Gasteiger partial charge in [-0.2, -0.15) is 0 Å². The van der Waals surface area contributed by atoms with E-state index in [1.54, 1.807) is 37.5 Å². The molecule has 3 aromatic carbocycles. The van der Waals surface area contributed by atoms with E-state index in [-0.39, 0.29) is 5.91 Å². The molecule has 9 heteroatoms. The van der Waals surface area contributed by atoms with Crippen molar-refractivity contribution < 1.29 is 28.5 Å². The highest BCUT2D eigenvalue weighted by molar-refractivity contribution is 8.26. The van der Waals surface area contributed by atoms with Gasteiger partial charge in [-0.25, -0.2) is 0 Å². The fourth-order valence-corrected chi connectivity index (χ4v) is 5.04. The Bertz CT molecular complexity index is 1420. The van der Waals surface area contributed by atoms with E-state index in [0.717, 1.165) is 23.0 Å². The summed E-state index contributed by atoms with van der Waals surface area (Å²) in [5.41, 5.74) is 3.28. The Morgan fingerprint density at radius 3 is 1.90 bits per heavy atom. The normalized spacial score (nSPS) is 13.9. The number of carbonyl (C=O) groups is 2. The highest BCUT2D eigenvalue weighted by Crippen LogP contribution is 2.35. The van der Waals surface area contributed by atoms with Crippen LogP contribution < -0.4 is 18.9 Å². The molecule has 0 atom stereocenters. The lowest BCUT2D eigenvalue weighted by Gasteiger charge is -2.13. The van der Waals surface area contributed by atoms with Gasteiger partial charge in [-0.1, -0.05) is 60.4 Å². The lowest BCUT2D eigenvalue weighted by Crippen LogP contribution is -2.27. The van der Waals surface area contributed by atoms with Crippen molar-refractivity contribution in [2.75, 3.05) is 20.8 Å². The van der Waals surface area contributed by atoms with Crippen molar-refractivity contribution in [1.82, 2.24) is 4.90 Å². The SMILES string of the molecule is C=CCN1C(=O)C(=Cc2ccc(OCc3ccc(COc4ccc(C=O)cc4OC)cc3)c(OC)c2)SC1=S. The third kappa shape index (κ3) is 6.87. The Labute approximate surface area is 237 Å². The zero-order valence-electron chi connectivity index (χ0n) is 21.5. The minimum Gasteiger partial charge on any atom is -0.493 e. The molecule has 7 nitrogen and oxygen atoms in total. The van der Waals surface area contributed by atoms with Crippen LogP contribution in [0.4, 0.5) is 0 Å². The average Bonchev–Trinajstić information content (AvgIpc) is 3.23. The number of hydrogen-bond acceptors (Lipinski definition) is 8. The first-order chi connectivity index (χ1) is 18.9. The Kier molecular flexibility index (Phi) is 9.40. The molecular weight excluding hydrogens is 534 g/mol. The van der Waals surface area contributed by atoms with Gasteiger partial charge in [0, 0.05) is 12.1 Å². The summed E-state index contributed by atoms with van der Waals surface area (Å²) >= 11 is 6.57. The quantitative estimate of drug-likeness (QED) is 0.114. The van der Waals surface area contributed by atoms with Crippen molar-refractivity contribution in [3.63, 3.8) is 0 Å². The van der Waals surface area contributed by atoms with Crippen LogP contribution in [-0.2, 0) is 18.0 Å². The van der Waals surface area contributed by atoms with Crippen molar-refractivity contribution in [3.05, 3.63) is 100 Å². The molecule has 0 aromatic heterocycles. The second-order valence-corrected chi connectivity index (χ2v) is 10.1. The molecule has 1 fully saturated rings. The predicted octanol–water partition coefficient (Wildman–Crippen LogP) is 6.06. The van der Waals surface area contributed by atoms with Gasteiger partial charge >= 0.3 is 0 Å². The summed E-state index contributed by atoms with van der Waals surface area (Å²) in [6.45, 7) is 4.76. The van der Waals surface area contributed by atoms with Gasteiger partial charge in [-0.15, -0.1) is 6.58 Å². The fraction of sp³-hybridized carbons (Fsp3) is 0.167. The molecule has 0 radical (unpaired) electrons. The molecule has 1 aliphatic rings. The van der Waals surface area contributed by atoms with Crippen LogP contribution in [0.15, 0.2) is 78.2 Å². The average molecular weight is 562 g/mol. The van der Waals surface area contributed by atoms with Gasteiger partial charge in [-0.3, -0.25) is 14.5 Å². The molecule has 39 heavy (non-hydrogen) atoms. The maximum absolute atomic E-state index is 12.6. The number of aldehydes is 1. The molecule has 0 aliphatic carbocycles. The summed E-state index contributed by atoms with van der Waals surface area (Å²) < 4.78 is 23.2. The molecule has 1 heterocycles. The van der Waals surface area contributed by atoms with Crippen LogP contribution >= 0.6 is 24.0 Å². The molecule has 0 unspecified atom stereocenters. The number of rotatable bonds is 12. The zero-order chi connectivity index (χ0) is 27.8. The largest absolute Gasteiger partial charge is 0.493 e. The number of thioether (sulfide) groups is 1. The van der Waals surface area contributed by atoms with Gasteiger partial charge in [0.1, 0.15) is 23.8 Å². The van der Waals surface area contributed by atoms with Crippen LogP contribution in [0.5, 0.6) is 23.0 Å². The second kappa shape index (κ2) is 13.1. The molecule has 0 N–H and O–H groups in total. The maximum Gasteiger partial charge on any atom is 0.266 e. The van der Waals surface area contributed by atoms with E-state index in [2.05, 4.69) is 6.58 Å². The number of amides is 1. The van der Waals surface area contributed by atoms with Crippen LogP contribution in [0.1, 0.15) is 27.0 Å². The highest BCUT2D eigenvalue weighted by Gasteiger charge is 2.31. The summed E-state index contributed by atoms with van der Waals surface area (Å²) in [6, 6.07) is 18.4. The summed E-state index contributed by atoms with van der Waals surface area (Å²) in [4.78, 5) is 25.6. The van der Waals surface area contributed by atoms with E-state index in [4.69, 9.17) is 31.2 Å². The van der Waals surface area contributed by atoms with Crippen molar-refractivity contribution in [1.29, 1.82) is 0 Å². The number of hydrogen-bond donors (Lipinski definition) is 0. The van der Waals surface area contributed by atoms with Gasteiger partial charge in [0.05, 0.1) is 19.1 Å². The fourth-order valence-electron chi connectivity index (χ4n) is 3.76. The predicted molar refractivity (Wildman–Crippen MR) is 157 cm³/mol. The minimum atomic E-state index is -0.131. The number of nitrogens with zero attached hydrogens (tertiary/aromatic N) is 1. The van der Waals surface area contributed by atoms with Crippen LogP contribution in [-0.4, -0.2) is 42.2 Å². The Balaban J connectivity index is 1.36. The first-order valence-corrected chi connectivity index (χ1v) is 13.2. The summed E-state index contributed by atoms with van der Waals surface area (Å²) in [6.07, 6.45) is 4.21. The minimum absolute atomic E-state index is 0.131. The second-order valence-electron chi connectivity index (χ2n) is 8.41. The lowest BCUT2D eigenvalue weighted by molar-refractivity contribution is -0.121. The topological polar surface area (TPSA) is 74.3 Å². The van der Waals surface area contributed by atoms with Crippen molar-refractivity contribution >= 4 is 46.6 Å². The van der Waals surface area contributed by atoms with Gasteiger partial charge in [-0.05, 0) is 53.1 Å². The molecular formula is C30H27NO6S2. The Morgan fingerprint density at radius 2 is 1.38 bits per heavy atom. The third-order valence-electron chi connectivity index (χ3n) is 5.81. The van der Waals surface area contributed by atoms with Crippen LogP contribution in [0.2, 0.25) is 0 Å². The molecule has 0 spiro atoms. The zero-order valence-corrected chi connectivity index (χ0v) is 23.2. The molecule has 3 aromatic rings. The van der Waals surface area contributed by atoms with Crippen LogP contribution in [0.25, 0.3) is 6.08 Å². The van der Waals surface area contributed by atoms with Gasteiger partial charge in [0.2, 0.25) is 0 Å². The van der Waals surface area contributed by atoms with E-state index in [1.807, 2.05) is 42.5 Å². The van der Waals surface area contributed by atoms with E-state index < -0.39 is 0 Å². The van der Waals surface area contributed by atoms with E-state index in [9.17, 15) is 9.59 Å². The number of thiocarbonyl (C=S) groups is 1. The lowest BCUT2D eigenvalue weighted by atomic mass is 10.1. The monoisotopic (exact) mass is 561 g/mol. The van der Waals surface area contributed by atoms with Gasteiger partial charge < -0.3 is 18.9 Å². The molecule has 1 aliphatic heterocycles. The van der Waals surface area contributed by atoms with Crippen molar-refractivity contribution in [2.24, 2.45) is 0 Å². The first kappa shape index (κ1) is 27.9. The van der Waals surface area contributed by atoms with Crippen molar-refractivity contribution in [2.45, 2.75) is 13.2 Å². The number of ether oxygens (including phenoxy) is 4. The number of methoxy groups -OCH3 is 2. The van der Waals surface area contributed by atoms with Gasteiger partial charge in [0.25, 0.3) is 5.91 Å². The molecule has 1 amide bonds. The van der Waals surface area contributed by atoms with Crippen LogP contribution in [0.3, 0.4) is 0 Å². The standard InChI is InChI=1S/C30H27NO6S2/c1-4-13-31-29(33)28(39-30(31)38)16-22-9-11-24(26(14-22)34-2)36-18-20-5-7-21(8-6-20)19-37-25-12-10-23(17-32)15-27(25)35-3/h4-12,14-17H,1,13,18-19H2,2-3H3. The molecule has 4 rings (SSSR count). The highest BCUT2D eigenvalue weighted by atomic mass is 32.2. The summed E-state index contributed by atoms with van der Waals surface area (Å²) in [5, 5.41) is 0. The van der Waals surface area contributed by atoms with Gasteiger partial charge in [0.15, 0.2) is 23.0 Å². The number of carbonyl (C=O) groups excluding carboxylic acids is 2. The third-order valence-corrected chi connectivity index (χ3v) is 7.18. The molecule has 0 bridgehead atoms. The molecule has 1 saturated heterocycles. The summed E-state index contributed by atoms with van der Waals surface area (Å²) in [5.74, 6) is 2.09. The Morgan fingerprint density at radius 1 is 0.846 bits per heavy atom.